The highest BCUT2D eigenvalue weighted by Crippen LogP contribution is 2.33. The number of piperidine rings is 1. The molecule has 1 saturated heterocycles. The van der Waals surface area contributed by atoms with Gasteiger partial charge in [-0.2, -0.15) is 0 Å². The van der Waals surface area contributed by atoms with Gasteiger partial charge in [-0.1, -0.05) is 36.4 Å². The lowest BCUT2D eigenvalue weighted by Gasteiger charge is -2.42. The molecule has 3 atom stereocenters. The van der Waals surface area contributed by atoms with Crippen molar-refractivity contribution < 1.29 is 14.7 Å². The maximum absolute atomic E-state index is 12.4. The number of likely N-dealkylation sites (tertiary alicyclic amines) is 1. The molecule has 1 fully saturated rings. The lowest BCUT2D eigenvalue weighted by molar-refractivity contribution is -0.138. The van der Waals surface area contributed by atoms with E-state index in [1.165, 1.54) is 0 Å². The van der Waals surface area contributed by atoms with Gasteiger partial charge in [0.1, 0.15) is 6.04 Å². The first-order valence-electron chi connectivity index (χ1n) is 7.00. The number of hydrogen-bond donors (Lipinski definition) is 2. The van der Waals surface area contributed by atoms with Crippen LogP contribution in [0.4, 0.5) is 4.79 Å². The highest BCUT2D eigenvalue weighted by Gasteiger charge is 2.40. The van der Waals surface area contributed by atoms with Crippen LogP contribution < -0.4 is 5.32 Å². The number of benzene rings is 1. The van der Waals surface area contributed by atoms with Gasteiger partial charge in [0.25, 0.3) is 0 Å². The molecule has 2 rings (SSSR count). The number of nitrogens with one attached hydrogen (secondary N) is 1. The number of hydrogen-bond acceptors (Lipinski definition) is 2. The quantitative estimate of drug-likeness (QED) is 0.835. The Bertz CT molecular complexity index is 530. The molecular weight excluding hydrogens is 268 g/mol. The Hall–Kier alpha value is -2.30. The van der Waals surface area contributed by atoms with E-state index in [2.05, 4.69) is 11.9 Å². The van der Waals surface area contributed by atoms with Crippen LogP contribution in [-0.4, -0.2) is 40.6 Å². The van der Waals surface area contributed by atoms with E-state index in [9.17, 15) is 9.59 Å². The Kier molecular flexibility index (Phi) is 4.62. The number of carboxylic acid groups (broad SMARTS) is 1. The zero-order chi connectivity index (χ0) is 15.4. The van der Waals surface area contributed by atoms with Gasteiger partial charge in [0.2, 0.25) is 5.91 Å². The second-order valence-corrected chi connectivity index (χ2v) is 5.27. The van der Waals surface area contributed by atoms with E-state index in [1.807, 2.05) is 37.3 Å². The molecule has 0 spiro atoms. The number of nitrogens with zero attached hydrogens (tertiary/aromatic N) is 1. The third kappa shape index (κ3) is 3.24. The fourth-order valence-corrected chi connectivity index (χ4v) is 2.95. The van der Waals surface area contributed by atoms with Crippen molar-refractivity contribution in [2.24, 2.45) is 0 Å². The Balaban J connectivity index is 2.30. The zero-order valence-corrected chi connectivity index (χ0v) is 12.0. The van der Waals surface area contributed by atoms with Crippen LogP contribution in [0.1, 0.15) is 24.8 Å². The minimum Gasteiger partial charge on any atom is -0.465 e. The summed E-state index contributed by atoms with van der Waals surface area (Å²) in [6.45, 7) is 6.09. The molecule has 21 heavy (non-hydrogen) atoms. The molecule has 1 aromatic carbocycles. The summed E-state index contributed by atoms with van der Waals surface area (Å²) in [5.41, 5.74) is 1.11. The summed E-state index contributed by atoms with van der Waals surface area (Å²) >= 11 is 0. The monoisotopic (exact) mass is 288 g/mol. The Labute approximate surface area is 124 Å². The van der Waals surface area contributed by atoms with Crippen LogP contribution in [0.3, 0.4) is 0 Å². The summed E-state index contributed by atoms with van der Waals surface area (Å²) < 4.78 is 0. The van der Waals surface area contributed by atoms with Gasteiger partial charge in [0.15, 0.2) is 0 Å². The van der Waals surface area contributed by atoms with Crippen molar-refractivity contribution in [2.45, 2.75) is 31.3 Å². The number of rotatable bonds is 4. The molecule has 2 amide bonds. The van der Waals surface area contributed by atoms with E-state index in [0.29, 0.717) is 13.0 Å². The molecule has 0 radical (unpaired) electrons. The molecule has 0 aliphatic carbocycles. The molecule has 1 aromatic rings. The molecule has 0 aromatic heterocycles. The van der Waals surface area contributed by atoms with Crippen molar-refractivity contribution >= 4 is 12.0 Å². The van der Waals surface area contributed by atoms with Crippen molar-refractivity contribution in [1.29, 1.82) is 0 Å². The van der Waals surface area contributed by atoms with E-state index >= 15 is 0 Å². The average molecular weight is 288 g/mol. The Morgan fingerprint density at radius 2 is 2.14 bits per heavy atom. The average Bonchev–Trinajstić information content (AvgIpc) is 2.47. The maximum Gasteiger partial charge on any atom is 0.405 e. The third-order valence-corrected chi connectivity index (χ3v) is 4.00. The molecular formula is C16H20N2O3. The summed E-state index contributed by atoms with van der Waals surface area (Å²) in [5, 5.41) is 11.3. The van der Waals surface area contributed by atoms with Crippen LogP contribution in [0.5, 0.6) is 0 Å². The molecule has 0 saturated carbocycles. The lowest BCUT2D eigenvalue weighted by Crippen LogP contribution is -2.57. The summed E-state index contributed by atoms with van der Waals surface area (Å²) in [6, 6.07) is 9.18. The van der Waals surface area contributed by atoms with Gasteiger partial charge in [0.05, 0.1) is 0 Å². The summed E-state index contributed by atoms with van der Waals surface area (Å²) in [6.07, 6.45) is 0.970. The second-order valence-electron chi connectivity index (χ2n) is 5.27. The van der Waals surface area contributed by atoms with Crippen molar-refractivity contribution in [3.8, 4) is 0 Å². The zero-order valence-electron chi connectivity index (χ0n) is 12.0. The van der Waals surface area contributed by atoms with E-state index in [0.717, 1.165) is 5.56 Å². The molecule has 1 aliphatic rings. The highest BCUT2D eigenvalue weighted by atomic mass is 16.4. The van der Waals surface area contributed by atoms with Crippen LogP contribution >= 0.6 is 0 Å². The van der Waals surface area contributed by atoms with E-state index in [-0.39, 0.29) is 17.9 Å². The number of carbonyl (C=O) groups is 2. The normalized spacial score (nSPS) is 25.5. The first kappa shape index (κ1) is 15.1. The smallest absolute Gasteiger partial charge is 0.405 e. The van der Waals surface area contributed by atoms with Gasteiger partial charge in [-0.05, 0) is 18.9 Å². The van der Waals surface area contributed by atoms with Gasteiger partial charge < -0.3 is 15.3 Å². The summed E-state index contributed by atoms with van der Waals surface area (Å²) in [4.78, 5) is 25.0. The van der Waals surface area contributed by atoms with Crippen molar-refractivity contribution in [1.82, 2.24) is 10.2 Å². The molecule has 5 nitrogen and oxygen atoms in total. The Morgan fingerprint density at radius 3 is 2.71 bits per heavy atom. The fourth-order valence-electron chi connectivity index (χ4n) is 2.95. The highest BCUT2D eigenvalue weighted by molar-refractivity contribution is 5.86. The van der Waals surface area contributed by atoms with Crippen molar-refractivity contribution in [3.05, 3.63) is 48.6 Å². The molecule has 1 aliphatic heterocycles. The standard InChI is InChI=1S/C16H20N2O3/c1-3-9-18-11(2)13(12-7-5-4-6-8-12)10-14(15(18)19)17-16(20)21/h3-8,11,13-14,17H,1,9-10H2,2H3,(H,20,21). The fraction of sp³-hybridized carbons (Fsp3) is 0.375. The van der Waals surface area contributed by atoms with Crippen LogP contribution in [0.15, 0.2) is 43.0 Å². The van der Waals surface area contributed by atoms with E-state index in [4.69, 9.17) is 5.11 Å². The van der Waals surface area contributed by atoms with E-state index in [1.54, 1.807) is 11.0 Å². The van der Waals surface area contributed by atoms with Gasteiger partial charge >= 0.3 is 6.09 Å². The third-order valence-electron chi connectivity index (χ3n) is 4.00. The predicted octanol–water partition coefficient (Wildman–Crippen LogP) is 2.21. The topological polar surface area (TPSA) is 69.6 Å². The maximum atomic E-state index is 12.4. The summed E-state index contributed by atoms with van der Waals surface area (Å²) in [7, 11) is 0. The molecule has 5 heteroatoms. The van der Waals surface area contributed by atoms with Gasteiger partial charge in [-0.25, -0.2) is 4.79 Å². The number of carbonyl (C=O) groups excluding carboxylic acids is 1. The van der Waals surface area contributed by atoms with E-state index < -0.39 is 12.1 Å². The molecule has 2 N–H and O–H groups in total. The van der Waals surface area contributed by atoms with Crippen molar-refractivity contribution in [3.63, 3.8) is 0 Å². The molecule has 3 unspecified atom stereocenters. The van der Waals surface area contributed by atoms with Crippen LogP contribution in [-0.2, 0) is 4.79 Å². The van der Waals surface area contributed by atoms with Crippen LogP contribution in [0, 0.1) is 0 Å². The molecule has 1 heterocycles. The van der Waals surface area contributed by atoms with Gasteiger partial charge in [-0.3, -0.25) is 4.79 Å². The lowest BCUT2D eigenvalue weighted by atomic mass is 9.82. The van der Waals surface area contributed by atoms with Crippen LogP contribution in [0.2, 0.25) is 0 Å². The molecule has 112 valence electrons. The SMILES string of the molecule is C=CCN1C(=O)C(NC(=O)O)CC(c2ccccc2)C1C. The largest absolute Gasteiger partial charge is 0.465 e. The summed E-state index contributed by atoms with van der Waals surface area (Å²) in [5.74, 6) is -0.0855. The van der Waals surface area contributed by atoms with Crippen molar-refractivity contribution in [2.75, 3.05) is 6.54 Å². The van der Waals surface area contributed by atoms with Crippen LogP contribution in [0.25, 0.3) is 0 Å². The number of amides is 2. The minimum atomic E-state index is -1.17. The Morgan fingerprint density at radius 1 is 1.48 bits per heavy atom. The first-order chi connectivity index (χ1) is 10.0. The van der Waals surface area contributed by atoms with Gasteiger partial charge in [0, 0.05) is 18.5 Å². The predicted molar refractivity (Wildman–Crippen MR) is 80.1 cm³/mol. The van der Waals surface area contributed by atoms with Gasteiger partial charge in [-0.15, -0.1) is 6.58 Å². The molecule has 0 bridgehead atoms. The second kappa shape index (κ2) is 6.43. The first-order valence-corrected chi connectivity index (χ1v) is 7.00. The minimum absolute atomic E-state index is 0.00439.